The lowest BCUT2D eigenvalue weighted by Crippen LogP contribution is -2.10. The molecule has 0 saturated heterocycles. The smallest absolute Gasteiger partial charge is 0.0540 e. The minimum Gasteiger partial charge on any atom is -0.344 e. The van der Waals surface area contributed by atoms with Gasteiger partial charge < -0.3 is 9.80 Å². The fraction of sp³-hybridized carbons (Fsp3) is 0.0204. The van der Waals surface area contributed by atoms with Gasteiger partial charge in [0.1, 0.15) is 0 Å². The summed E-state index contributed by atoms with van der Waals surface area (Å²) in [7, 11) is 2.18. The highest BCUT2D eigenvalue weighted by atomic mass is 15.1. The molecule has 0 aliphatic carbocycles. The third-order valence-corrected chi connectivity index (χ3v) is 10.6. The molecule has 2 heteroatoms. The van der Waals surface area contributed by atoms with Crippen molar-refractivity contribution in [3.8, 4) is 11.1 Å². The van der Waals surface area contributed by atoms with Crippen molar-refractivity contribution < 1.29 is 0 Å². The maximum atomic E-state index is 2.35. The Morgan fingerprint density at radius 3 is 1.51 bits per heavy atom. The molecule has 0 fully saturated rings. The minimum absolute atomic E-state index is 1.12. The van der Waals surface area contributed by atoms with E-state index in [2.05, 4.69) is 205 Å². The van der Waals surface area contributed by atoms with E-state index >= 15 is 0 Å². The molecule has 10 aromatic carbocycles. The van der Waals surface area contributed by atoms with E-state index in [1.54, 1.807) is 0 Å². The number of hydrogen-bond donors (Lipinski definition) is 0. The lowest BCUT2D eigenvalue weighted by atomic mass is 9.89. The van der Waals surface area contributed by atoms with E-state index in [0.29, 0.717) is 0 Å². The van der Waals surface area contributed by atoms with Crippen LogP contribution >= 0.6 is 0 Å². The first-order valence-electron chi connectivity index (χ1n) is 17.6. The average Bonchev–Trinajstić information content (AvgIpc) is 3.20. The molecule has 0 spiro atoms. The summed E-state index contributed by atoms with van der Waals surface area (Å²) in [5.74, 6) is 0. The zero-order valence-corrected chi connectivity index (χ0v) is 28.3. The Labute approximate surface area is 297 Å². The van der Waals surface area contributed by atoms with Crippen molar-refractivity contribution in [2.45, 2.75) is 0 Å². The van der Waals surface area contributed by atoms with Gasteiger partial charge in [0.15, 0.2) is 0 Å². The Hall–Kier alpha value is -6.64. The number of fused-ring (bicyclic) bond motifs is 3. The van der Waals surface area contributed by atoms with E-state index in [-0.39, 0.29) is 0 Å². The van der Waals surface area contributed by atoms with Gasteiger partial charge >= 0.3 is 0 Å². The molecule has 0 aliphatic heterocycles. The summed E-state index contributed by atoms with van der Waals surface area (Å²) in [4.78, 5) is 4.67. The van der Waals surface area contributed by atoms with E-state index < -0.39 is 0 Å². The van der Waals surface area contributed by atoms with Crippen molar-refractivity contribution in [1.82, 2.24) is 0 Å². The molecule has 0 N–H and O–H groups in total. The lowest BCUT2D eigenvalue weighted by molar-refractivity contribution is 1.22. The van der Waals surface area contributed by atoms with Crippen LogP contribution in [0.15, 0.2) is 188 Å². The molecule has 0 unspecified atom stereocenters. The third-order valence-electron chi connectivity index (χ3n) is 10.6. The second-order valence-corrected chi connectivity index (χ2v) is 13.4. The van der Waals surface area contributed by atoms with Crippen molar-refractivity contribution in [1.29, 1.82) is 0 Å². The number of rotatable bonds is 6. The zero-order chi connectivity index (χ0) is 33.9. The fourth-order valence-corrected chi connectivity index (χ4v) is 8.15. The first-order chi connectivity index (χ1) is 25.2. The molecule has 0 heterocycles. The zero-order valence-electron chi connectivity index (χ0n) is 28.3. The summed E-state index contributed by atoms with van der Waals surface area (Å²) in [5, 5.41) is 13.0. The number of nitrogens with zero attached hydrogens (tertiary/aromatic N) is 2. The second kappa shape index (κ2) is 11.8. The Morgan fingerprint density at radius 2 is 0.784 bits per heavy atom. The van der Waals surface area contributed by atoms with Crippen molar-refractivity contribution >= 4 is 82.3 Å². The van der Waals surface area contributed by atoms with E-state index in [9.17, 15) is 0 Å². The van der Waals surface area contributed by atoms with Crippen LogP contribution < -0.4 is 9.80 Å². The first-order valence-corrected chi connectivity index (χ1v) is 17.6. The average molecular weight is 651 g/mol. The molecule has 240 valence electrons. The topological polar surface area (TPSA) is 6.48 Å². The number of anilines is 5. The molecule has 51 heavy (non-hydrogen) atoms. The van der Waals surface area contributed by atoms with Gasteiger partial charge in [-0.3, -0.25) is 0 Å². The summed E-state index contributed by atoms with van der Waals surface area (Å²) >= 11 is 0. The van der Waals surface area contributed by atoms with E-state index in [1.807, 2.05) is 0 Å². The normalized spacial score (nSPS) is 11.6. The predicted molar refractivity (Wildman–Crippen MR) is 220 cm³/mol. The molecular formula is C49H34N2. The van der Waals surface area contributed by atoms with Crippen LogP contribution in [0.2, 0.25) is 0 Å². The van der Waals surface area contributed by atoms with Crippen LogP contribution in [0.3, 0.4) is 0 Å². The van der Waals surface area contributed by atoms with E-state index in [1.165, 1.54) is 76.4 Å². The number of benzene rings is 10. The molecule has 10 rings (SSSR count). The van der Waals surface area contributed by atoms with Crippen molar-refractivity contribution in [3.05, 3.63) is 188 Å². The molecule has 0 aliphatic rings. The first kappa shape index (κ1) is 29.3. The highest BCUT2D eigenvalue weighted by Crippen LogP contribution is 2.44. The van der Waals surface area contributed by atoms with Crippen LogP contribution in [0.1, 0.15) is 0 Å². The Kier molecular flexibility index (Phi) is 6.75. The molecule has 0 amide bonds. The predicted octanol–water partition coefficient (Wildman–Crippen LogP) is 13.8. The summed E-state index contributed by atoms with van der Waals surface area (Å²) in [6, 6.07) is 68.4. The van der Waals surface area contributed by atoms with Gasteiger partial charge in [-0.2, -0.15) is 0 Å². The van der Waals surface area contributed by atoms with Crippen LogP contribution in [0.25, 0.3) is 65.0 Å². The maximum absolute atomic E-state index is 2.35. The summed E-state index contributed by atoms with van der Waals surface area (Å²) in [6.07, 6.45) is 0. The van der Waals surface area contributed by atoms with Gasteiger partial charge in [0, 0.05) is 40.6 Å². The molecule has 0 aromatic heterocycles. The second-order valence-electron chi connectivity index (χ2n) is 13.4. The SMILES string of the molecule is CN(c1ccc(-c2ccc(N(c3ccccc3)c3cccc4ccccc34)cc2)cc1)c1ccc2c3cccc4cccc(c5cccc1c52)c43. The van der Waals surface area contributed by atoms with Gasteiger partial charge in [-0.15, -0.1) is 0 Å². The Balaban J connectivity index is 0.996. The van der Waals surface area contributed by atoms with Crippen LogP contribution in [0.4, 0.5) is 28.4 Å². The van der Waals surface area contributed by atoms with Crippen molar-refractivity contribution in [3.63, 3.8) is 0 Å². The summed E-state index contributed by atoms with van der Waals surface area (Å²) in [6.45, 7) is 0. The van der Waals surface area contributed by atoms with E-state index in [4.69, 9.17) is 0 Å². The van der Waals surface area contributed by atoms with Crippen molar-refractivity contribution in [2.24, 2.45) is 0 Å². The Bertz CT molecular complexity index is 2800. The molecule has 0 bridgehead atoms. The van der Waals surface area contributed by atoms with Crippen molar-refractivity contribution in [2.75, 3.05) is 16.8 Å². The molecule has 10 aromatic rings. The quantitative estimate of drug-likeness (QED) is 0.131. The van der Waals surface area contributed by atoms with Gasteiger partial charge in [-0.05, 0) is 103 Å². The summed E-state index contributed by atoms with van der Waals surface area (Å²) in [5.41, 5.74) is 8.16. The standard InChI is InChI=1S/C49H34N2/c1-50(46-32-31-44-42-19-8-14-36-13-7-18-41(48(36)42)43-20-10-21-45(46)49(43)44)37-27-23-33(24-28-37)34-25-29-39(30-26-34)51(38-15-3-2-4-16-38)47-22-9-12-35-11-5-6-17-40(35)47/h2-32H,1H3. The van der Waals surface area contributed by atoms with Crippen LogP contribution in [0, 0.1) is 0 Å². The van der Waals surface area contributed by atoms with E-state index in [0.717, 1.165) is 17.1 Å². The van der Waals surface area contributed by atoms with Gasteiger partial charge in [0.2, 0.25) is 0 Å². The number of hydrogen-bond acceptors (Lipinski definition) is 2. The largest absolute Gasteiger partial charge is 0.344 e. The molecular weight excluding hydrogens is 617 g/mol. The summed E-state index contributed by atoms with van der Waals surface area (Å²) < 4.78 is 0. The number of para-hydroxylation sites is 1. The molecule has 0 radical (unpaired) electrons. The fourth-order valence-electron chi connectivity index (χ4n) is 8.15. The molecule has 0 atom stereocenters. The van der Waals surface area contributed by atoms with Gasteiger partial charge in [0.05, 0.1) is 5.69 Å². The lowest BCUT2D eigenvalue weighted by Gasteiger charge is -2.27. The highest BCUT2D eigenvalue weighted by molar-refractivity contribution is 6.34. The maximum Gasteiger partial charge on any atom is 0.0540 e. The molecule has 0 saturated carbocycles. The van der Waals surface area contributed by atoms with Crippen LogP contribution in [0.5, 0.6) is 0 Å². The van der Waals surface area contributed by atoms with Gasteiger partial charge in [0.25, 0.3) is 0 Å². The van der Waals surface area contributed by atoms with Gasteiger partial charge in [-0.25, -0.2) is 0 Å². The van der Waals surface area contributed by atoms with Crippen LogP contribution in [-0.4, -0.2) is 7.05 Å². The molecule has 2 nitrogen and oxygen atoms in total. The third kappa shape index (κ3) is 4.72. The monoisotopic (exact) mass is 650 g/mol. The minimum atomic E-state index is 1.12. The Morgan fingerprint density at radius 1 is 0.294 bits per heavy atom. The highest BCUT2D eigenvalue weighted by Gasteiger charge is 2.18. The van der Waals surface area contributed by atoms with Crippen LogP contribution in [-0.2, 0) is 0 Å². The van der Waals surface area contributed by atoms with Gasteiger partial charge in [-0.1, -0.05) is 140 Å².